The molecule has 8 heteroatoms. The molecule has 1 aliphatic rings. The SMILES string of the molecule is CCN(CC)CCN1C(=O)C(=O)/C(=C(\O)c2ccc(Cl)cc2)C1c1ccc(O)c(OC)c1. The second-order valence-electron chi connectivity index (χ2n) is 7.46. The molecule has 1 fully saturated rings. The van der Waals surface area contributed by atoms with Crippen molar-refractivity contribution in [3.05, 3.63) is 64.2 Å². The number of aliphatic hydroxyl groups is 1. The van der Waals surface area contributed by atoms with E-state index in [2.05, 4.69) is 4.90 Å². The Bertz CT molecular complexity index is 1030. The second kappa shape index (κ2) is 10.1. The van der Waals surface area contributed by atoms with Gasteiger partial charge in [-0.1, -0.05) is 31.5 Å². The maximum absolute atomic E-state index is 13.1. The van der Waals surface area contributed by atoms with Crippen LogP contribution in [0, 0.1) is 0 Å². The molecule has 2 aromatic rings. The van der Waals surface area contributed by atoms with Crippen molar-refractivity contribution in [1.29, 1.82) is 0 Å². The van der Waals surface area contributed by atoms with Crippen molar-refractivity contribution in [3.63, 3.8) is 0 Å². The lowest BCUT2D eigenvalue weighted by Crippen LogP contribution is -2.38. The van der Waals surface area contributed by atoms with Gasteiger partial charge >= 0.3 is 0 Å². The summed E-state index contributed by atoms with van der Waals surface area (Å²) >= 11 is 5.95. The highest BCUT2D eigenvalue weighted by Crippen LogP contribution is 2.41. The van der Waals surface area contributed by atoms with Crippen LogP contribution in [0.1, 0.15) is 31.0 Å². The van der Waals surface area contributed by atoms with Crippen LogP contribution in [0.2, 0.25) is 5.02 Å². The topological polar surface area (TPSA) is 90.3 Å². The average molecular weight is 459 g/mol. The maximum atomic E-state index is 13.1. The molecule has 1 heterocycles. The number of carbonyl (C=O) groups is 2. The van der Waals surface area contributed by atoms with E-state index in [1.807, 2.05) is 13.8 Å². The van der Waals surface area contributed by atoms with Gasteiger partial charge in [0, 0.05) is 23.7 Å². The Morgan fingerprint density at radius 3 is 2.38 bits per heavy atom. The van der Waals surface area contributed by atoms with Gasteiger partial charge < -0.3 is 24.7 Å². The molecule has 1 aliphatic heterocycles. The number of methoxy groups -OCH3 is 1. The Morgan fingerprint density at radius 2 is 1.78 bits per heavy atom. The lowest BCUT2D eigenvalue weighted by molar-refractivity contribution is -0.140. The van der Waals surface area contributed by atoms with Crippen LogP contribution in [-0.4, -0.2) is 65.0 Å². The van der Waals surface area contributed by atoms with Crippen LogP contribution in [0.4, 0.5) is 0 Å². The molecule has 0 saturated carbocycles. The zero-order chi connectivity index (χ0) is 23.4. The predicted molar refractivity (Wildman–Crippen MR) is 123 cm³/mol. The number of hydrogen-bond donors (Lipinski definition) is 2. The number of amides is 1. The standard InChI is InChI=1S/C24H27ClN2O5/c1-4-26(5-2)12-13-27-21(16-8-11-18(28)19(14-16)32-3)20(23(30)24(27)31)22(29)15-6-9-17(25)10-7-15/h6-11,14,21,28-29H,4-5,12-13H2,1-3H3/b22-20-. The summed E-state index contributed by atoms with van der Waals surface area (Å²) in [7, 11) is 1.42. The minimum absolute atomic E-state index is 0.00962. The quantitative estimate of drug-likeness (QED) is 0.355. The first-order chi connectivity index (χ1) is 15.3. The van der Waals surface area contributed by atoms with E-state index in [1.165, 1.54) is 18.1 Å². The van der Waals surface area contributed by atoms with Crippen LogP contribution >= 0.6 is 11.6 Å². The van der Waals surface area contributed by atoms with Gasteiger partial charge in [-0.3, -0.25) is 9.59 Å². The van der Waals surface area contributed by atoms with E-state index in [0.29, 0.717) is 29.2 Å². The molecule has 1 atom stereocenters. The molecule has 0 radical (unpaired) electrons. The normalized spacial score (nSPS) is 17.9. The Morgan fingerprint density at radius 1 is 1.12 bits per heavy atom. The second-order valence-corrected chi connectivity index (χ2v) is 7.89. The van der Waals surface area contributed by atoms with Crippen molar-refractivity contribution >= 4 is 29.1 Å². The van der Waals surface area contributed by atoms with Crippen molar-refractivity contribution in [1.82, 2.24) is 9.80 Å². The van der Waals surface area contributed by atoms with Gasteiger partial charge in [-0.05, 0) is 55.1 Å². The van der Waals surface area contributed by atoms with Crippen LogP contribution in [0.5, 0.6) is 11.5 Å². The first-order valence-corrected chi connectivity index (χ1v) is 10.8. The van der Waals surface area contributed by atoms with Gasteiger partial charge in [0.1, 0.15) is 5.76 Å². The number of nitrogens with zero attached hydrogens (tertiary/aromatic N) is 2. The highest BCUT2D eigenvalue weighted by atomic mass is 35.5. The van der Waals surface area contributed by atoms with E-state index in [-0.39, 0.29) is 22.8 Å². The minimum atomic E-state index is -0.823. The molecular weight excluding hydrogens is 432 g/mol. The van der Waals surface area contributed by atoms with Crippen LogP contribution in [0.25, 0.3) is 5.76 Å². The van der Waals surface area contributed by atoms with E-state index in [1.54, 1.807) is 36.4 Å². The van der Waals surface area contributed by atoms with Gasteiger partial charge in [-0.25, -0.2) is 0 Å². The predicted octanol–water partition coefficient (Wildman–Crippen LogP) is 3.82. The van der Waals surface area contributed by atoms with E-state index in [9.17, 15) is 19.8 Å². The number of ether oxygens (including phenoxy) is 1. The number of ketones is 1. The highest BCUT2D eigenvalue weighted by Gasteiger charge is 2.46. The molecule has 0 spiro atoms. The van der Waals surface area contributed by atoms with Gasteiger partial charge in [-0.15, -0.1) is 0 Å². The van der Waals surface area contributed by atoms with Crippen LogP contribution in [0.3, 0.4) is 0 Å². The Balaban J connectivity index is 2.13. The monoisotopic (exact) mass is 458 g/mol. The molecule has 3 rings (SSSR count). The highest BCUT2D eigenvalue weighted by molar-refractivity contribution is 6.46. The fourth-order valence-electron chi connectivity index (χ4n) is 3.87. The van der Waals surface area contributed by atoms with E-state index in [0.717, 1.165) is 13.1 Å². The molecule has 1 amide bonds. The molecule has 0 bridgehead atoms. The molecule has 1 saturated heterocycles. The summed E-state index contributed by atoms with van der Waals surface area (Å²) in [5, 5.41) is 21.5. The van der Waals surface area contributed by atoms with E-state index in [4.69, 9.17) is 16.3 Å². The summed E-state index contributed by atoms with van der Waals surface area (Å²) in [6.07, 6.45) is 0. The van der Waals surface area contributed by atoms with Crippen molar-refractivity contribution in [3.8, 4) is 11.5 Å². The zero-order valence-electron chi connectivity index (χ0n) is 18.3. The van der Waals surface area contributed by atoms with Crippen molar-refractivity contribution in [2.24, 2.45) is 0 Å². The van der Waals surface area contributed by atoms with Crippen LogP contribution in [-0.2, 0) is 9.59 Å². The van der Waals surface area contributed by atoms with Gasteiger partial charge in [0.15, 0.2) is 11.5 Å². The lowest BCUT2D eigenvalue weighted by atomic mass is 9.95. The van der Waals surface area contributed by atoms with Crippen molar-refractivity contribution in [2.75, 3.05) is 33.3 Å². The van der Waals surface area contributed by atoms with Gasteiger partial charge in [0.2, 0.25) is 0 Å². The molecule has 7 nitrogen and oxygen atoms in total. The summed E-state index contributed by atoms with van der Waals surface area (Å²) in [5.74, 6) is -1.56. The van der Waals surface area contributed by atoms with Crippen molar-refractivity contribution < 1.29 is 24.5 Å². The Kier molecular flexibility index (Phi) is 7.43. The molecule has 2 N–H and O–H groups in total. The van der Waals surface area contributed by atoms with Crippen molar-refractivity contribution in [2.45, 2.75) is 19.9 Å². The number of Topliss-reactive ketones (excluding diaryl/α,β-unsaturated/α-hetero) is 1. The molecule has 0 aliphatic carbocycles. The number of likely N-dealkylation sites (tertiary alicyclic amines) is 1. The molecule has 1 unspecified atom stereocenters. The maximum Gasteiger partial charge on any atom is 0.295 e. The first-order valence-electron chi connectivity index (χ1n) is 10.5. The lowest BCUT2D eigenvalue weighted by Gasteiger charge is -2.28. The largest absolute Gasteiger partial charge is 0.507 e. The number of halogens is 1. The molecular formula is C24H27ClN2O5. The number of aliphatic hydroxyl groups excluding tert-OH is 1. The third kappa shape index (κ3) is 4.59. The van der Waals surface area contributed by atoms with E-state index < -0.39 is 17.7 Å². The summed E-state index contributed by atoms with van der Waals surface area (Å²) in [6, 6.07) is 10.2. The number of benzene rings is 2. The van der Waals surface area contributed by atoms with Gasteiger partial charge in [0.05, 0.1) is 18.7 Å². The summed E-state index contributed by atoms with van der Waals surface area (Å²) in [6.45, 7) is 6.55. The number of carbonyl (C=O) groups excluding carboxylic acids is 2. The average Bonchev–Trinajstić information content (AvgIpc) is 3.05. The molecule has 32 heavy (non-hydrogen) atoms. The van der Waals surface area contributed by atoms with Gasteiger partial charge in [-0.2, -0.15) is 0 Å². The molecule has 0 aromatic heterocycles. The summed E-state index contributed by atoms with van der Waals surface area (Å²) in [5.41, 5.74) is 0.922. The number of hydrogen-bond acceptors (Lipinski definition) is 6. The number of aromatic hydroxyl groups is 1. The number of likely N-dealkylation sites (N-methyl/N-ethyl adjacent to an activating group) is 1. The number of rotatable bonds is 8. The third-order valence-electron chi connectivity index (χ3n) is 5.73. The minimum Gasteiger partial charge on any atom is -0.507 e. The number of phenols is 1. The molecule has 170 valence electrons. The van der Waals surface area contributed by atoms with Crippen LogP contribution < -0.4 is 4.74 Å². The third-order valence-corrected chi connectivity index (χ3v) is 5.98. The van der Waals surface area contributed by atoms with E-state index >= 15 is 0 Å². The number of phenolic OH excluding ortho intramolecular Hbond substituents is 1. The van der Waals surface area contributed by atoms with Gasteiger partial charge in [0.25, 0.3) is 11.7 Å². The Labute approximate surface area is 192 Å². The van der Waals surface area contributed by atoms with Crippen LogP contribution in [0.15, 0.2) is 48.0 Å². The molecule has 2 aromatic carbocycles. The summed E-state index contributed by atoms with van der Waals surface area (Å²) in [4.78, 5) is 29.7. The first kappa shape index (κ1) is 23.6. The fraction of sp³-hybridized carbons (Fsp3) is 0.333. The zero-order valence-corrected chi connectivity index (χ0v) is 19.1. The Hall–Kier alpha value is -3.03. The fourth-order valence-corrected chi connectivity index (χ4v) is 4.00. The smallest absolute Gasteiger partial charge is 0.295 e. The summed E-state index contributed by atoms with van der Waals surface area (Å²) < 4.78 is 5.22.